The van der Waals surface area contributed by atoms with Gasteiger partial charge in [-0.1, -0.05) is 0 Å². The van der Waals surface area contributed by atoms with Crippen molar-refractivity contribution in [3.05, 3.63) is 69.8 Å². The topological polar surface area (TPSA) is 145 Å². The number of nitrogens with two attached hydrogens (primary N) is 3. The Bertz CT molecular complexity index is 1250. The van der Waals surface area contributed by atoms with Crippen LogP contribution in [0, 0.1) is 5.82 Å². The van der Waals surface area contributed by atoms with E-state index in [-0.39, 0.29) is 11.6 Å². The molecule has 2 heterocycles. The first-order valence-corrected chi connectivity index (χ1v) is 11.8. The summed E-state index contributed by atoms with van der Waals surface area (Å²) in [6, 6.07) is 6.22. The quantitative estimate of drug-likeness (QED) is 0.427. The van der Waals surface area contributed by atoms with Crippen molar-refractivity contribution in [3.63, 3.8) is 0 Å². The van der Waals surface area contributed by atoms with E-state index in [9.17, 15) is 9.18 Å². The zero-order chi connectivity index (χ0) is 27.7. The van der Waals surface area contributed by atoms with Gasteiger partial charge in [0.1, 0.15) is 11.9 Å². The highest BCUT2D eigenvalue weighted by molar-refractivity contribution is 6.14. The van der Waals surface area contributed by atoms with E-state index in [1.165, 1.54) is 17.0 Å². The van der Waals surface area contributed by atoms with Crippen LogP contribution >= 0.6 is 0 Å². The molecule has 0 radical (unpaired) electrons. The number of halogens is 1. The summed E-state index contributed by atoms with van der Waals surface area (Å²) in [5, 5.41) is 0. The molecule has 1 aromatic heterocycles. The van der Waals surface area contributed by atoms with Gasteiger partial charge in [-0.05, 0) is 50.6 Å². The Labute approximate surface area is 217 Å². The lowest BCUT2D eigenvalue weighted by molar-refractivity contribution is -0.115. The van der Waals surface area contributed by atoms with Gasteiger partial charge in [0, 0.05) is 80.2 Å². The summed E-state index contributed by atoms with van der Waals surface area (Å²) >= 11 is 0. The van der Waals surface area contributed by atoms with Crippen molar-refractivity contribution in [3.8, 4) is 5.75 Å². The SMILES string of the molecule is CCN=C1/C(=C(/C)N)C/C(C=NC)=C(/N)c2ccc(F)cc2[C@@H](C)Oc2cc1cnc2N.CN(C)C=O. The lowest BCUT2D eigenvalue weighted by Gasteiger charge is -2.23. The van der Waals surface area contributed by atoms with Crippen LogP contribution in [-0.4, -0.2) is 55.9 Å². The summed E-state index contributed by atoms with van der Waals surface area (Å²) in [7, 11) is 5.05. The smallest absolute Gasteiger partial charge is 0.209 e. The molecule has 6 N–H and O–H groups in total. The number of allylic oxidation sites excluding steroid dienone is 3. The van der Waals surface area contributed by atoms with Crippen molar-refractivity contribution in [2.75, 3.05) is 33.4 Å². The zero-order valence-electron chi connectivity index (χ0n) is 22.2. The van der Waals surface area contributed by atoms with Crippen molar-refractivity contribution < 1.29 is 13.9 Å². The molecule has 1 amide bonds. The molecule has 3 rings (SSSR count). The van der Waals surface area contributed by atoms with E-state index < -0.39 is 6.10 Å². The first kappa shape index (κ1) is 29.0. The van der Waals surface area contributed by atoms with E-state index >= 15 is 0 Å². The molecule has 0 saturated heterocycles. The summed E-state index contributed by atoms with van der Waals surface area (Å²) in [6.07, 6.45) is 3.93. The molecule has 0 aliphatic carbocycles. The number of amides is 1. The first-order valence-electron chi connectivity index (χ1n) is 11.8. The summed E-state index contributed by atoms with van der Waals surface area (Å²) in [5.41, 5.74) is 24.3. The Morgan fingerprint density at radius 3 is 2.54 bits per heavy atom. The number of aromatic nitrogens is 1. The summed E-state index contributed by atoms with van der Waals surface area (Å²) in [5.74, 6) is 0.214. The number of carbonyl (C=O) groups is 1. The van der Waals surface area contributed by atoms with E-state index in [1.54, 1.807) is 45.7 Å². The van der Waals surface area contributed by atoms with E-state index in [0.717, 1.165) is 23.1 Å². The Kier molecular flexibility index (Phi) is 10.4. The number of benzene rings is 1. The highest BCUT2D eigenvalue weighted by Gasteiger charge is 2.23. The molecule has 1 aliphatic heterocycles. The molecule has 0 saturated carbocycles. The molecule has 1 aromatic carbocycles. The predicted octanol–water partition coefficient (Wildman–Crippen LogP) is 3.46. The zero-order valence-corrected chi connectivity index (χ0v) is 22.2. The van der Waals surface area contributed by atoms with Crippen LogP contribution in [0.4, 0.5) is 10.2 Å². The van der Waals surface area contributed by atoms with Gasteiger partial charge in [-0.15, -0.1) is 0 Å². The number of nitrogen functional groups attached to an aromatic ring is 1. The van der Waals surface area contributed by atoms with Crippen molar-refractivity contribution in [2.45, 2.75) is 33.3 Å². The maximum atomic E-state index is 14.2. The lowest BCUT2D eigenvalue weighted by Crippen LogP contribution is -2.18. The fraction of sp³-hybridized carbons (Fsp3) is 0.333. The Balaban J connectivity index is 0.000000877. The second kappa shape index (κ2) is 13.2. The van der Waals surface area contributed by atoms with Crippen molar-refractivity contribution in [2.24, 2.45) is 21.5 Å². The number of aliphatic imine (C=N–C) groups is 2. The molecule has 10 heteroatoms. The maximum Gasteiger partial charge on any atom is 0.209 e. The molecule has 0 spiro atoms. The predicted molar refractivity (Wildman–Crippen MR) is 148 cm³/mol. The van der Waals surface area contributed by atoms with Crippen molar-refractivity contribution in [1.29, 1.82) is 0 Å². The normalized spacial score (nSPS) is 20.1. The van der Waals surface area contributed by atoms with E-state index in [0.29, 0.717) is 46.9 Å². The van der Waals surface area contributed by atoms with Gasteiger partial charge in [0.25, 0.3) is 0 Å². The molecule has 198 valence electrons. The van der Waals surface area contributed by atoms with Crippen molar-refractivity contribution >= 4 is 29.9 Å². The van der Waals surface area contributed by atoms with Crippen LogP contribution in [0.15, 0.2) is 57.3 Å². The minimum Gasteiger partial charge on any atom is -0.482 e. The largest absolute Gasteiger partial charge is 0.482 e. The highest BCUT2D eigenvalue weighted by Crippen LogP contribution is 2.34. The number of carbonyl (C=O) groups excluding carboxylic acids is 1. The third-order valence-electron chi connectivity index (χ3n) is 5.49. The summed E-state index contributed by atoms with van der Waals surface area (Å²) in [6.45, 7) is 6.12. The van der Waals surface area contributed by atoms with Crippen LogP contribution in [0.5, 0.6) is 5.75 Å². The minimum atomic E-state index is -0.546. The molecule has 9 nitrogen and oxygen atoms in total. The summed E-state index contributed by atoms with van der Waals surface area (Å²) < 4.78 is 20.3. The standard InChI is InChI=1S/C24H29FN6O.C3H7NO/c1-5-30-23-16-9-21(24(28)31-12-16)32-14(3)20-10-17(25)6-7-18(20)22(27)15(11-29-4)8-19(23)13(2)26;1-4(2)3-5/h6-7,9-12,14H,5,8,26-27H2,1-4H3,(H2,28,31);3H,1-2H3/b19-13-,22-15-,29-11?,30-23?;/t14-;/m1./s1. The molecule has 2 bridgehead atoms. The fourth-order valence-electron chi connectivity index (χ4n) is 3.71. The van der Waals surface area contributed by atoms with Crippen LogP contribution in [0.25, 0.3) is 5.70 Å². The van der Waals surface area contributed by atoms with E-state index in [2.05, 4.69) is 9.98 Å². The maximum absolute atomic E-state index is 14.2. The van der Waals surface area contributed by atoms with E-state index in [4.69, 9.17) is 26.9 Å². The molecule has 0 fully saturated rings. The van der Waals surface area contributed by atoms with Gasteiger partial charge >= 0.3 is 0 Å². The number of rotatable bonds is 3. The molecule has 2 aromatic rings. The number of nitrogens with zero attached hydrogens (tertiary/aromatic N) is 4. The third-order valence-corrected chi connectivity index (χ3v) is 5.49. The van der Waals surface area contributed by atoms with Gasteiger partial charge in [-0.2, -0.15) is 0 Å². The number of hydrogen-bond acceptors (Lipinski definition) is 8. The highest BCUT2D eigenvalue weighted by atomic mass is 19.1. The van der Waals surface area contributed by atoms with Gasteiger partial charge in [0.05, 0.1) is 5.71 Å². The number of pyridine rings is 1. The molecule has 0 unspecified atom stereocenters. The Morgan fingerprint density at radius 1 is 1.30 bits per heavy atom. The van der Waals surface area contributed by atoms with E-state index in [1.807, 2.05) is 20.8 Å². The van der Waals surface area contributed by atoms with Crippen LogP contribution in [0.3, 0.4) is 0 Å². The second-order valence-corrected chi connectivity index (χ2v) is 8.66. The lowest BCUT2D eigenvalue weighted by atomic mass is 9.91. The number of ether oxygens (including phenoxy) is 1. The minimum absolute atomic E-state index is 0.226. The summed E-state index contributed by atoms with van der Waals surface area (Å²) in [4.78, 5) is 24.1. The molecular formula is C27H36FN7O2. The van der Waals surface area contributed by atoms with Crippen LogP contribution in [0.2, 0.25) is 0 Å². The first-order chi connectivity index (χ1) is 17.5. The van der Waals surface area contributed by atoms with Crippen LogP contribution in [0.1, 0.15) is 50.0 Å². The second-order valence-electron chi connectivity index (χ2n) is 8.66. The average Bonchev–Trinajstić information content (AvgIpc) is 2.86. The van der Waals surface area contributed by atoms with Gasteiger partial charge in [-0.3, -0.25) is 14.8 Å². The molecular weight excluding hydrogens is 473 g/mol. The van der Waals surface area contributed by atoms with Crippen LogP contribution < -0.4 is 21.9 Å². The Hall–Kier alpha value is -4.21. The number of anilines is 1. The molecule has 1 atom stereocenters. The third kappa shape index (κ3) is 7.39. The van der Waals surface area contributed by atoms with Gasteiger partial charge < -0.3 is 26.8 Å². The van der Waals surface area contributed by atoms with Gasteiger partial charge in [0.2, 0.25) is 6.41 Å². The van der Waals surface area contributed by atoms with Gasteiger partial charge in [-0.25, -0.2) is 9.37 Å². The molecule has 1 aliphatic rings. The Morgan fingerprint density at radius 2 is 1.97 bits per heavy atom. The number of fused-ring (bicyclic) bond motifs is 3. The van der Waals surface area contributed by atoms with Crippen LogP contribution in [-0.2, 0) is 4.79 Å². The monoisotopic (exact) mass is 509 g/mol. The fourth-order valence-corrected chi connectivity index (χ4v) is 3.71. The molecule has 37 heavy (non-hydrogen) atoms. The van der Waals surface area contributed by atoms with Crippen molar-refractivity contribution in [1.82, 2.24) is 9.88 Å². The average molecular weight is 510 g/mol. The van der Waals surface area contributed by atoms with Gasteiger partial charge in [0.15, 0.2) is 11.6 Å². The number of hydrogen-bond donors (Lipinski definition) is 3.